The van der Waals surface area contributed by atoms with Gasteiger partial charge in [-0.1, -0.05) is 0 Å². The molecule has 3 N–H and O–H groups in total. The van der Waals surface area contributed by atoms with Crippen LogP contribution in [0.2, 0.25) is 0 Å². The van der Waals surface area contributed by atoms with Crippen LogP contribution in [0, 0.1) is 0 Å². The summed E-state index contributed by atoms with van der Waals surface area (Å²) >= 11 is 0. The van der Waals surface area contributed by atoms with Crippen LogP contribution in [0.4, 0.5) is 0 Å². The van der Waals surface area contributed by atoms with Crippen molar-refractivity contribution in [2.45, 2.75) is 0 Å². The Bertz CT molecular complexity index is 8.75. The molecule has 0 radical (unpaired) electrons. The van der Waals surface area contributed by atoms with Gasteiger partial charge in [0.1, 0.15) is 0 Å². The third-order valence-corrected chi connectivity index (χ3v) is 0. The molecule has 5 heteroatoms. The molecular formula is CH6O3Ti2. The quantitative estimate of drug-likeness (QED) is 0.258. The standard InChI is InChI=1S/CH4O.H2O2.2Ti/c2*1-2;;/h2H,1H3;1-2H;;. The van der Waals surface area contributed by atoms with Gasteiger partial charge >= 0.3 is 0 Å². The molecule has 0 aromatic heterocycles. The molecule has 0 aromatic carbocycles. The van der Waals surface area contributed by atoms with Gasteiger partial charge in [0, 0.05) is 50.5 Å². The van der Waals surface area contributed by atoms with Gasteiger partial charge in [0.05, 0.1) is 0 Å². The predicted molar refractivity (Wildman–Crippen MR) is 13.4 cm³/mol. The summed E-state index contributed by atoms with van der Waals surface area (Å²) < 4.78 is 0. The van der Waals surface area contributed by atoms with Gasteiger partial charge < -0.3 is 5.11 Å². The van der Waals surface area contributed by atoms with Gasteiger partial charge in [0.15, 0.2) is 0 Å². The van der Waals surface area contributed by atoms with E-state index in [0.717, 1.165) is 7.11 Å². The van der Waals surface area contributed by atoms with E-state index in [9.17, 15) is 0 Å². The first-order chi connectivity index (χ1) is 2.00. The molecule has 0 amide bonds. The Morgan fingerprint density at radius 3 is 0.833 bits per heavy atom. The molecule has 0 atom stereocenters. The largest absolute Gasteiger partial charge is 0.400 e. The van der Waals surface area contributed by atoms with Crippen LogP contribution < -0.4 is 0 Å². The van der Waals surface area contributed by atoms with Crippen LogP contribution in [0.3, 0.4) is 0 Å². The van der Waals surface area contributed by atoms with Crippen LogP contribution in [0.15, 0.2) is 0 Å². The summed E-state index contributed by atoms with van der Waals surface area (Å²) in [4.78, 5) is 0. The summed E-state index contributed by atoms with van der Waals surface area (Å²) in [5, 5.41) is 19.0. The summed E-state index contributed by atoms with van der Waals surface area (Å²) in [6, 6.07) is 0. The van der Waals surface area contributed by atoms with E-state index in [1.54, 1.807) is 0 Å². The average molecular weight is 162 g/mol. The topological polar surface area (TPSA) is 60.7 Å². The van der Waals surface area contributed by atoms with Crippen LogP contribution in [-0.2, 0) is 43.4 Å². The Hall–Kier alpha value is 1.31. The molecule has 0 unspecified atom stereocenters. The molecule has 0 rings (SSSR count). The third kappa shape index (κ3) is 57.6. The molecule has 0 spiro atoms. The fourth-order valence-corrected chi connectivity index (χ4v) is 0. The van der Waals surface area contributed by atoms with E-state index in [1.165, 1.54) is 0 Å². The summed E-state index contributed by atoms with van der Waals surface area (Å²) in [5.74, 6) is 0. The monoisotopic (exact) mass is 162 g/mol. The Labute approximate surface area is 66.1 Å². The maximum absolute atomic E-state index is 7.00. The molecule has 0 fully saturated rings. The van der Waals surface area contributed by atoms with Crippen LogP contribution in [0.1, 0.15) is 0 Å². The third-order valence-electron chi connectivity index (χ3n) is 0. The minimum atomic E-state index is 0. The van der Waals surface area contributed by atoms with Crippen LogP contribution >= 0.6 is 0 Å². The van der Waals surface area contributed by atoms with Gasteiger partial charge in [-0.25, -0.2) is 0 Å². The number of aliphatic hydroxyl groups excluding tert-OH is 1. The molecule has 0 saturated carbocycles. The molecule has 0 aliphatic heterocycles. The number of hydrogen-bond donors (Lipinski definition) is 3. The van der Waals surface area contributed by atoms with E-state index in [-0.39, 0.29) is 43.4 Å². The molecule has 6 heavy (non-hydrogen) atoms. The number of hydrogen-bond acceptors (Lipinski definition) is 3. The normalized spacial score (nSPS) is 2.00. The maximum atomic E-state index is 7.00. The molecule has 0 aliphatic carbocycles. The maximum Gasteiger partial charge on any atom is 0.0319 e. The fraction of sp³-hybridized carbons (Fsp3) is 1.00. The van der Waals surface area contributed by atoms with Crippen molar-refractivity contribution in [1.29, 1.82) is 0 Å². The van der Waals surface area contributed by atoms with E-state index in [4.69, 9.17) is 15.6 Å². The van der Waals surface area contributed by atoms with E-state index < -0.39 is 0 Å². The smallest absolute Gasteiger partial charge is 0.0319 e. The van der Waals surface area contributed by atoms with Crippen molar-refractivity contribution in [3.8, 4) is 0 Å². The predicted octanol–water partition coefficient (Wildman–Crippen LogP) is -0.379. The van der Waals surface area contributed by atoms with Gasteiger partial charge in [-0.05, 0) is 0 Å². The Morgan fingerprint density at radius 2 is 0.833 bits per heavy atom. The SMILES string of the molecule is CO.OO.[Ti].[Ti]. The van der Waals surface area contributed by atoms with Crippen molar-refractivity contribution in [2.24, 2.45) is 0 Å². The zero-order chi connectivity index (χ0) is 4.00. The van der Waals surface area contributed by atoms with Crippen LogP contribution in [0.5, 0.6) is 0 Å². The van der Waals surface area contributed by atoms with Crippen molar-refractivity contribution in [3.63, 3.8) is 0 Å². The zero-order valence-electron chi connectivity index (χ0n) is 3.34. The first kappa shape index (κ1) is 26.6. The van der Waals surface area contributed by atoms with E-state index in [0.29, 0.717) is 0 Å². The van der Waals surface area contributed by atoms with Gasteiger partial charge in [0.25, 0.3) is 0 Å². The van der Waals surface area contributed by atoms with Crippen molar-refractivity contribution in [1.82, 2.24) is 0 Å². The van der Waals surface area contributed by atoms with Gasteiger partial charge in [-0.2, -0.15) is 0 Å². The van der Waals surface area contributed by atoms with Crippen molar-refractivity contribution in [3.05, 3.63) is 0 Å². The molecular weight excluding hydrogens is 156 g/mol. The van der Waals surface area contributed by atoms with Crippen molar-refractivity contribution in [2.75, 3.05) is 7.11 Å². The number of aliphatic hydroxyl groups is 1. The van der Waals surface area contributed by atoms with Crippen molar-refractivity contribution >= 4 is 0 Å². The summed E-state index contributed by atoms with van der Waals surface area (Å²) in [5.41, 5.74) is 0. The minimum Gasteiger partial charge on any atom is -0.400 e. The van der Waals surface area contributed by atoms with Crippen LogP contribution in [0.25, 0.3) is 0 Å². The Morgan fingerprint density at radius 1 is 0.833 bits per heavy atom. The number of rotatable bonds is 0. The summed E-state index contributed by atoms with van der Waals surface area (Å²) in [6.07, 6.45) is 0. The molecule has 0 aliphatic rings. The molecule has 0 bridgehead atoms. The fourth-order valence-electron chi connectivity index (χ4n) is 0. The second kappa shape index (κ2) is 104. The van der Waals surface area contributed by atoms with Crippen molar-refractivity contribution < 1.29 is 59.1 Å². The summed E-state index contributed by atoms with van der Waals surface area (Å²) in [7, 11) is 1.00. The first-order valence-corrected chi connectivity index (χ1v) is 0.647. The Kier molecular flexibility index (Phi) is 460. The van der Waals surface area contributed by atoms with E-state index in [2.05, 4.69) is 0 Å². The molecule has 0 saturated heterocycles. The molecule has 0 aromatic rings. The second-order valence-electron chi connectivity index (χ2n) is 0. The van der Waals surface area contributed by atoms with Crippen LogP contribution in [-0.4, -0.2) is 22.7 Å². The van der Waals surface area contributed by atoms with E-state index in [1.807, 2.05) is 0 Å². The average Bonchev–Trinajstić information content (AvgIpc) is 1.50. The molecule has 0 heterocycles. The van der Waals surface area contributed by atoms with E-state index >= 15 is 0 Å². The molecule has 36 valence electrons. The molecule has 3 nitrogen and oxygen atoms in total. The minimum absolute atomic E-state index is 0. The summed E-state index contributed by atoms with van der Waals surface area (Å²) in [6.45, 7) is 0. The van der Waals surface area contributed by atoms with Gasteiger partial charge in [-0.15, -0.1) is 0 Å². The zero-order valence-corrected chi connectivity index (χ0v) is 6.46. The first-order valence-electron chi connectivity index (χ1n) is 0.647. The Balaban J connectivity index is -0.00000000500. The van der Waals surface area contributed by atoms with Gasteiger partial charge in [0.2, 0.25) is 0 Å². The van der Waals surface area contributed by atoms with Gasteiger partial charge in [-0.3, -0.25) is 10.5 Å². The second-order valence-corrected chi connectivity index (χ2v) is 0.